The highest BCUT2D eigenvalue weighted by atomic mass is 16.5. The average Bonchev–Trinajstić information content (AvgIpc) is 2.30. The first-order valence-electron chi connectivity index (χ1n) is 7.17. The Morgan fingerprint density at radius 3 is 2.47 bits per heavy atom. The fourth-order valence-corrected chi connectivity index (χ4v) is 3.30. The van der Waals surface area contributed by atoms with E-state index in [2.05, 4.69) is 11.9 Å². The van der Waals surface area contributed by atoms with Crippen LogP contribution >= 0.6 is 0 Å². The number of aliphatic hydroxyl groups is 1. The van der Waals surface area contributed by atoms with Crippen LogP contribution in [0.3, 0.4) is 0 Å². The molecule has 0 unspecified atom stereocenters. The van der Waals surface area contributed by atoms with Crippen LogP contribution in [0.5, 0.6) is 0 Å². The van der Waals surface area contributed by atoms with Crippen molar-refractivity contribution in [2.75, 3.05) is 33.4 Å². The second-order valence-electron chi connectivity index (χ2n) is 6.04. The van der Waals surface area contributed by atoms with Crippen molar-refractivity contribution in [1.82, 2.24) is 4.90 Å². The molecule has 0 aromatic carbocycles. The fourth-order valence-electron chi connectivity index (χ4n) is 3.30. The third kappa shape index (κ3) is 4.23. The molecular formula is C14H27NO2. The van der Waals surface area contributed by atoms with Crippen LogP contribution < -0.4 is 0 Å². The number of likely N-dealkylation sites (N-methyl/N-ethyl adjacent to an activating group) is 1. The number of rotatable bonds is 4. The molecule has 2 rings (SSSR count). The summed E-state index contributed by atoms with van der Waals surface area (Å²) in [6.07, 6.45) is 8.04. The van der Waals surface area contributed by atoms with Crippen molar-refractivity contribution in [3.8, 4) is 0 Å². The van der Waals surface area contributed by atoms with Gasteiger partial charge in [0, 0.05) is 26.3 Å². The van der Waals surface area contributed by atoms with Crippen LogP contribution in [0.25, 0.3) is 0 Å². The Morgan fingerprint density at radius 2 is 1.82 bits per heavy atom. The lowest BCUT2D eigenvalue weighted by Gasteiger charge is -2.37. The maximum absolute atomic E-state index is 10.5. The van der Waals surface area contributed by atoms with Gasteiger partial charge in [-0.1, -0.05) is 19.3 Å². The van der Waals surface area contributed by atoms with Crippen LogP contribution in [0.15, 0.2) is 0 Å². The minimum atomic E-state index is -0.405. The summed E-state index contributed by atoms with van der Waals surface area (Å²) < 4.78 is 5.38. The van der Waals surface area contributed by atoms with E-state index in [4.69, 9.17) is 4.74 Å². The van der Waals surface area contributed by atoms with Crippen molar-refractivity contribution in [2.45, 2.75) is 50.5 Å². The Bertz CT molecular complexity index is 220. The molecule has 100 valence electrons. The van der Waals surface area contributed by atoms with E-state index in [0.29, 0.717) is 0 Å². The number of hydrogen-bond donors (Lipinski definition) is 1. The molecule has 0 amide bonds. The second-order valence-corrected chi connectivity index (χ2v) is 6.04. The van der Waals surface area contributed by atoms with Crippen LogP contribution in [0.2, 0.25) is 0 Å². The van der Waals surface area contributed by atoms with E-state index < -0.39 is 5.60 Å². The lowest BCUT2D eigenvalue weighted by Crippen LogP contribution is -2.44. The van der Waals surface area contributed by atoms with Gasteiger partial charge in [-0.25, -0.2) is 0 Å². The van der Waals surface area contributed by atoms with E-state index in [0.717, 1.165) is 45.1 Å². The van der Waals surface area contributed by atoms with Crippen LogP contribution in [-0.2, 0) is 4.74 Å². The molecule has 0 aromatic heterocycles. The molecule has 1 saturated heterocycles. The summed E-state index contributed by atoms with van der Waals surface area (Å²) >= 11 is 0. The summed E-state index contributed by atoms with van der Waals surface area (Å²) in [6, 6.07) is 0. The Hall–Kier alpha value is -0.120. The Balaban J connectivity index is 1.73. The summed E-state index contributed by atoms with van der Waals surface area (Å²) in [4.78, 5) is 2.33. The summed E-state index contributed by atoms with van der Waals surface area (Å²) in [5.41, 5.74) is -0.405. The topological polar surface area (TPSA) is 32.7 Å². The quantitative estimate of drug-likeness (QED) is 0.817. The zero-order valence-electron chi connectivity index (χ0n) is 11.2. The molecule has 17 heavy (non-hydrogen) atoms. The van der Waals surface area contributed by atoms with Crippen molar-refractivity contribution in [1.29, 1.82) is 0 Å². The van der Waals surface area contributed by atoms with Gasteiger partial charge in [0.15, 0.2) is 0 Å². The highest BCUT2D eigenvalue weighted by Gasteiger charge is 2.30. The molecule has 1 aliphatic heterocycles. The third-order valence-corrected chi connectivity index (χ3v) is 4.26. The predicted molar refractivity (Wildman–Crippen MR) is 69.1 cm³/mol. The molecule has 0 aromatic rings. The average molecular weight is 241 g/mol. The molecule has 0 bridgehead atoms. The zero-order chi connectivity index (χ0) is 12.1. The van der Waals surface area contributed by atoms with Gasteiger partial charge in [-0.05, 0) is 38.6 Å². The van der Waals surface area contributed by atoms with E-state index in [9.17, 15) is 5.11 Å². The van der Waals surface area contributed by atoms with Crippen LogP contribution in [0, 0.1) is 5.92 Å². The maximum atomic E-state index is 10.5. The first kappa shape index (κ1) is 13.3. The van der Waals surface area contributed by atoms with Gasteiger partial charge in [0.1, 0.15) is 0 Å². The fraction of sp³-hybridized carbons (Fsp3) is 1.00. The normalized spacial score (nSPS) is 26.3. The van der Waals surface area contributed by atoms with Gasteiger partial charge >= 0.3 is 0 Å². The summed E-state index contributed by atoms with van der Waals surface area (Å²) in [7, 11) is 2.15. The third-order valence-electron chi connectivity index (χ3n) is 4.26. The largest absolute Gasteiger partial charge is 0.389 e. The van der Waals surface area contributed by atoms with Gasteiger partial charge < -0.3 is 14.7 Å². The van der Waals surface area contributed by atoms with E-state index in [-0.39, 0.29) is 0 Å². The first-order valence-corrected chi connectivity index (χ1v) is 7.17. The summed E-state index contributed by atoms with van der Waals surface area (Å²) in [5, 5.41) is 10.5. The van der Waals surface area contributed by atoms with Crippen LogP contribution in [-0.4, -0.2) is 49.0 Å². The molecule has 2 aliphatic rings. The van der Waals surface area contributed by atoms with E-state index in [1.54, 1.807) is 0 Å². The number of nitrogens with zero attached hydrogens (tertiary/aromatic N) is 1. The smallest absolute Gasteiger partial charge is 0.0774 e. The summed E-state index contributed by atoms with van der Waals surface area (Å²) in [5.74, 6) is 0.765. The molecule has 1 aliphatic carbocycles. The molecule has 0 spiro atoms. The van der Waals surface area contributed by atoms with Gasteiger partial charge in [0.05, 0.1) is 5.60 Å². The highest BCUT2D eigenvalue weighted by Crippen LogP contribution is 2.29. The predicted octanol–water partition coefficient (Wildman–Crippen LogP) is 2.04. The van der Waals surface area contributed by atoms with Crippen LogP contribution in [0.4, 0.5) is 0 Å². The van der Waals surface area contributed by atoms with Crippen molar-refractivity contribution in [2.24, 2.45) is 5.92 Å². The molecule has 2 fully saturated rings. The van der Waals surface area contributed by atoms with E-state index in [1.165, 1.54) is 32.1 Å². The van der Waals surface area contributed by atoms with Crippen molar-refractivity contribution in [3.63, 3.8) is 0 Å². The minimum absolute atomic E-state index is 0.405. The van der Waals surface area contributed by atoms with Crippen molar-refractivity contribution < 1.29 is 9.84 Å². The molecule has 1 heterocycles. The molecule has 3 heteroatoms. The Labute approximate surface area is 105 Å². The zero-order valence-corrected chi connectivity index (χ0v) is 11.2. The second kappa shape index (κ2) is 6.17. The Morgan fingerprint density at radius 1 is 1.18 bits per heavy atom. The first-order chi connectivity index (χ1) is 8.18. The van der Waals surface area contributed by atoms with E-state index >= 15 is 0 Å². The lowest BCUT2D eigenvalue weighted by atomic mass is 9.84. The van der Waals surface area contributed by atoms with Gasteiger partial charge in [-0.2, -0.15) is 0 Å². The van der Waals surface area contributed by atoms with Crippen molar-refractivity contribution in [3.05, 3.63) is 0 Å². The number of ether oxygens (including phenoxy) is 1. The molecule has 0 radical (unpaired) electrons. The molecule has 1 N–H and O–H groups in total. The van der Waals surface area contributed by atoms with Gasteiger partial charge in [-0.15, -0.1) is 0 Å². The van der Waals surface area contributed by atoms with Crippen LogP contribution in [0.1, 0.15) is 44.9 Å². The van der Waals surface area contributed by atoms with Gasteiger partial charge in [-0.3, -0.25) is 0 Å². The Kier molecular flexibility index (Phi) is 4.83. The van der Waals surface area contributed by atoms with Crippen molar-refractivity contribution >= 4 is 0 Å². The summed E-state index contributed by atoms with van der Waals surface area (Å²) in [6.45, 7) is 3.81. The standard InChI is InChI=1S/C14H27NO2/c1-15(11-13-5-9-17-10-6-13)12-14(16)7-3-2-4-8-14/h13,16H,2-12H2,1H3. The molecular weight excluding hydrogens is 214 g/mol. The molecule has 0 atom stereocenters. The maximum Gasteiger partial charge on any atom is 0.0774 e. The van der Waals surface area contributed by atoms with Gasteiger partial charge in [0.2, 0.25) is 0 Å². The SMILES string of the molecule is CN(CC1CCOCC1)CC1(O)CCCCC1. The number of hydrogen-bond acceptors (Lipinski definition) is 3. The molecule has 1 saturated carbocycles. The highest BCUT2D eigenvalue weighted by molar-refractivity contribution is 4.85. The van der Waals surface area contributed by atoms with Gasteiger partial charge in [0.25, 0.3) is 0 Å². The van der Waals surface area contributed by atoms with E-state index in [1.807, 2.05) is 0 Å². The minimum Gasteiger partial charge on any atom is -0.389 e. The lowest BCUT2D eigenvalue weighted by molar-refractivity contribution is -0.0276. The molecule has 3 nitrogen and oxygen atoms in total. The monoisotopic (exact) mass is 241 g/mol.